The van der Waals surface area contributed by atoms with E-state index >= 15 is 0 Å². The first-order chi connectivity index (χ1) is 8.63. The molecule has 4 nitrogen and oxygen atoms in total. The third-order valence-corrected chi connectivity index (χ3v) is 4.02. The van der Waals surface area contributed by atoms with Crippen molar-refractivity contribution in [2.45, 2.75) is 39.7 Å². The summed E-state index contributed by atoms with van der Waals surface area (Å²) < 4.78 is 0. The van der Waals surface area contributed by atoms with Gasteiger partial charge in [-0.2, -0.15) is 0 Å². The molecule has 5 heteroatoms. The van der Waals surface area contributed by atoms with Gasteiger partial charge in [0, 0.05) is 19.6 Å². The highest BCUT2D eigenvalue weighted by atomic mass is 35.5. The number of amides is 1. The monoisotopic (exact) mass is 291 g/mol. The Balaban J connectivity index is 0.00000324. The normalized spacial score (nSPS) is 21.6. The van der Waals surface area contributed by atoms with Crippen LogP contribution < -0.4 is 5.32 Å². The van der Waals surface area contributed by atoms with Crippen LogP contribution in [0.4, 0.5) is 0 Å². The molecule has 1 rings (SSSR count). The van der Waals surface area contributed by atoms with Crippen LogP contribution in [-0.4, -0.2) is 61.5 Å². The molecule has 1 fully saturated rings. The highest BCUT2D eigenvalue weighted by Crippen LogP contribution is 2.18. The highest BCUT2D eigenvalue weighted by Gasteiger charge is 2.28. The molecule has 1 saturated heterocycles. The van der Waals surface area contributed by atoms with Crippen molar-refractivity contribution in [3.63, 3.8) is 0 Å². The van der Waals surface area contributed by atoms with Gasteiger partial charge in [0.15, 0.2) is 0 Å². The third-order valence-electron chi connectivity index (χ3n) is 4.02. The predicted molar refractivity (Wildman–Crippen MR) is 82.9 cm³/mol. The van der Waals surface area contributed by atoms with Gasteiger partial charge >= 0.3 is 0 Å². The van der Waals surface area contributed by atoms with E-state index in [1.165, 1.54) is 12.8 Å². The molecule has 0 saturated carbocycles. The summed E-state index contributed by atoms with van der Waals surface area (Å²) >= 11 is 0. The summed E-state index contributed by atoms with van der Waals surface area (Å²) in [5, 5.41) is 3.25. The van der Waals surface area contributed by atoms with Crippen LogP contribution in [0, 0.1) is 5.92 Å². The second kappa shape index (κ2) is 9.56. The molecule has 1 aliphatic rings. The standard InChI is InChI=1S/C14H29N3O.ClH/c1-5-16(6-2)14(18)12(3)17-9-7-8-13(11-17)10-15-4;/h12-13,15H,5-11H2,1-4H3;1H. The summed E-state index contributed by atoms with van der Waals surface area (Å²) in [6.45, 7) is 11.0. The maximum absolute atomic E-state index is 12.3. The molecule has 0 bridgehead atoms. The van der Waals surface area contributed by atoms with E-state index < -0.39 is 0 Å². The number of nitrogens with zero attached hydrogens (tertiary/aromatic N) is 2. The largest absolute Gasteiger partial charge is 0.342 e. The fraction of sp³-hybridized carbons (Fsp3) is 0.929. The molecule has 1 aliphatic heterocycles. The Hall–Kier alpha value is -0.320. The van der Waals surface area contributed by atoms with Gasteiger partial charge in [0.1, 0.15) is 0 Å². The number of carbonyl (C=O) groups is 1. The molecular formula is C14H30ClN3O. The van der Waals surface area contributed by atoms with Crippen LogP contribution >= 0.6 is 12.4 Å². The minimum absolute atomic E-state index is 0. The molecule has 2 atom stereocenters. The molecular weight excluding hydrogens is 262 g/mol. The zero-order chi connectivity index (χ0) is 13.5. The van der Waals surface area contributed by atoms with Gasteiger partial charge in [-0.1, -0.05) is 0 Å². The Labute approximate surface area is 124 Å². The lowest BCUT2D eigenvalue weighted by atomic mass is 9.96. The number of carbonyl (C=O) groups excluding carboxylic acids is 1. The minimum atomic E-state index is 0. The van der Waals surface area contributed by atoms with Crippen molar-refractivity contribution in [3.05, 3.63) is 0 Å². The third kappa shape index (κ3) is 5.28. The second-order valence-corrected chi connectivity index (χ2v) is 5.25. The number of rotatable bonds is 6. The van der Waals surface area contributed by atoms with E-state index in [4.69, 9.17) is 0 Å². The van der Waals surface area contributed by atoms with Crippen molar-refractivity contribution >= 4 is 18.3 Å². The molecule has 2 unspecified atom stereocenters. The zero-order valence-corrected chi connectivity index (χ0v) is 13.6. The van der Waals surface area contributed by atoms with Crippen LogP contribution in [-0.2, 0) is 4.79 Å². The van der Waals surface area contributed by atoms with Crippen LogP contribution in [0.3, 0.4) is 0 Å². The lowest BCUT2D eigenvalue weighted by Crippen LogP contribution is -2.51. The lowest BCUT2D eigenvalue weighted by Gasteiger charge is -2.37. The van der Waals surface area contributed by atoms with Crippen molar-refractivity contribution in [2.24, 2.45) is 5.92 Å². The van der Waals surface area contributed by atoms with Crippen molar-refractivity contribution in [2.75, 3.05) is 39.8 Å². The van der Waals surface area contributed by atoms with Gasteiger partial charge < -0.3 is 10.2 Å². The zero-order valence-electron chi connectivity index (χ0n) is 12.8. The van der Waals surface area contributed by atoms with E-state index in [0.717, 1.165) is 32.7 Å². The minimum Gasteiger partial charge on any atom is -0.342 e. The maximum atomic E-state index is 12.3. The molecule has 0 aromatic heterocycles. The highest BCUT2D eigenvalue weighted by molar-refractivity contribution is 5.85. The van der Waals surface area contributed by atoms with E-state index in [2.05, 4.69) is 17.1 Å². The van der Waals surface area contributed by atoms with E-state index in [1.54, 1.807) is 0 Å². The number of piperidine rings is 1. The molecule has 0 radical (unpaired) electrons. The van der Waals surface area contributed by atoms with Crippen molar-refractivity contribution in [3.8, 4) is 0 Å². The van der Waals surface area contributed by atoms with Gasteiger partial charge in [-0.25, -0.2) is 0 Å². The van der Waals surface area contributed by atoms with E-state index in [-0.39, 0.29) is 24.4 Å². The van der Waals surface area contributed by atoms with E-state index in [9.17, 15) is 4.79 Å². The van der Waals surface area contributed by atoms with Crippen molar-refractivity contribution in [1.29, 1.82) is 0 Å². The fourth-order valence-electron chi connectivity index (χ4n) is 2.86. The molecule has 0 aromatic rings. The molecule has 0 aromatic carbocycles. The van der Waals surface area contributed by atoms with Crippen LogP contribution in [0.5, 0.6) is 0 Å². The SMILES string of the molecule is CCN(CC)C(=O)C(C)N1CCCC(CNC)C1.Cl. The van der Waals surface area contributed by atoms with Gasteiger partial charge in [0.05, 0.1) is 6.04 Å². The Morgan fingerprint density at radius 3 is 2.58 bits per heavy atom. The number of nitrogens with one attached hydrogen (secondary N) is 1. The predicted octanol–water partition coefficient (Wildman–Crippen LogP) is 1.60. The van der Waals surface area contributed by atoms with Crippen molar-refractivity contribution in [1.82, 2.24) is 15.1 Å². The number of halogens is 1. The summed E-state index contributed by atoms with van der Waals surface area (Å²) in [5.41, 5.74) is 0. The quantitative estimate of drug-likeness (QED) is 0.807. The van der Waals surface area contributed by atoms with Gasteiger partial charge in [-0.3, -0.25) is 9.69 Å². The van der Waals surface area contributed by atoms with Gasteiger partial charge in [0.2, 0.25) is 5.91 Å². The Morgan fingerprint density at radius 2 is 2.05 bits per heavy atom. The first kappa shape index (κ1) is 18.7. The summed E-state index contributed by atoms with van der Waals surface area (Å²) in [6.07, 6.45) is 2.49. The number of likely N-dealkylation sites (N-methyl/N-ethyl adjacent to an activating group) is 1. The molecule has 0 spiro atoms. The average Bonchev–Trinajstić information content (AvgIpc) is 2.40. The van der Waals surface area contributed by atoms with Gasteiger partial charge in [-0.15, -0.1) is 12.4 Å². The molecule has 1 N–H and O–H groups in total. The average molecular weight is 292 g/mol. The Kier molecular flexibility index (Phi) is 9.40. The Bertz CT molecular complexity index is 257. The lowest BCUT2D eigenvalue weighted by molar-refractivity contribution is -0.136. The van der Waals surface area contributed by atoms with Crippen LogP contribution in [0.25, 0.3) is 0 Å². The molecule has 114 valence electrons. The van der Waals surface area contributed by atoms with E-state index in [0.29, 0.717) is 5.92 Å². The van der Waals surface area contributed by atoms with E-state index in [1.807, 2.05) is 25.8 Å². The summed E-state index contributed by atoms with van der Waals surface area (Å²) in [6, 6.07) is 0.0320. The van der Waals surface area contributed by atoms with Crippen LogP contribution in [0.15, 0.2) is 0 Å². The van der Waals surface area contributed by atoms with Gasteiger partial charge in [-0.05, 0) is 59.7 Å². The summed E-state index contributed by atoms with van der Waals surface area (Å²) in [5.74, 6) is 0.973. The second-order valence-electron chi connectivity index (χ2n) is 5.25. The number of hydrogen-bond acceptors (Lipinski definition) is 3. The Morgan fingerprint density at radius 1 is 1.42 bits per heavy atom. The summed E-state index contributed by atoms with van der Waals surface area (Å²) in [7, 11) is 2.00. The smallest absolute Gasteiger partial charge is 0.239 e. The maximum Gasteiger partial charge on any atom is 0.239 e. The van der Waals surface area contributed by atoms with Gasteiger partial charge in [0.25, 0.3) is 0 Å². The van der Waals surface area contributed by atoms with Crippen LogP contribution in [0.2, 0.25) is 0 Å². The van der Waals surface area contributed by atoms with Crippen LogP contribution in [0.1, 0.15) is 33.6 Å². The molecule has 0 aliphatic carbocycles. The van der Waals surface area contributed by atoms with Crippen molar-refractivity contribution < 1.29 is 4.79 Å². The topological polar surface area (TPSA) is 35.6 Å². The molecule has 1 heterocycles. The molecule has 19 heavy (non-hydrogen) atoms. The summed E-state index contributed by atoms with van der Waals surface area (Å²) in [4.78, 5) is 16.6. The number of likely N-dealkylation sites (tertiary alicyclic amines) is 1. The molecule has 1 amide bonds. The first-order valence-corrected chi connectivity index (χ1v) is 7.31. The number of hydrogen-bond donors (Lipinski definition) is 1. The fourth-order valence-corrected chi connectivity index (χ4v) is 2.86. The first-order valence-electron chi connectivity index (χ1n) is 7.31.